The lowest BCUT2D eigenvalue weighted by Gasteiger charge is -2.34. The van der Waals surface area contributed by atoms with Gasteiger partial charge in [-0.05, 0) is 62.0 Å². The zero-order chi connectivity index (χ0) is 21.2. The summed E-state index contributed by atoms with van der Waals surface area (Å²) >= 11 is 0. The molecular weight excluding hydrogens is 352 g/mol. The summed E-state index contributed by atoms with van der Waals surface area (Å²) in [7, 11) is 1.64. The van der Waals surface area contributed by atoms with Crippen LogP contribution in [-0.4, -0.2) is 49.8 Å². The number of amides is 1. The molecule has 0 unspecified atom stereocenters. The second-order valence-electron chi connectivity index (χ2n) is 8.25. The third-order valence-corrected chi connectivity index (χ3v) is 4.96. The fourth-order valence-electron chi connectivity index (χ4n) is 3.56. The predicted molar refractivity (Wildman–Crippen MR) is 117 cm³/mol. The summed E-state index contributed by atoms with van der Waals surface area (Å²) in [5.41, 5.74) is -0.0450. The molecule has 5 nitrogen and oxygen atoms in total. The van der Waals surface area contributed by atoms with Crippen molar-refractivity contribution in [2.75, 3.05) is 38.7 Å². The van der Waals surface area contributed by atoms with Crippen molar-refractivity contribution in [2.24, 2.45) is 11.8 Å². The highest BCUT2D eigenvalue weighted by Gasteiger charge is 2.39. The van der Waals surface area contributed by atoms with Gasteiger partial charge in [0, 0.05) is 19.3 Å². The van der Waals surface area contributed by atoms with Gasteiger partial charge in [-0.1, -0.05) is 41.5 Å². The predicted octanol–water partition coefficient (Wildman–Crippen LogP) is 4.82. The molecule has 0 bridgehead atoms. The number of anilines is 1. The number of carbonyl (C=O) groups is 1. The van der Waals surface area contributed by atoms with Crippen molar-refractivity contribution in [3.8, 4) is 5.75 Å². The Balaban J connectivity index is 2.73. The summed E-state index contributed by atoms with van der Waals surface area (Å²) in [4.78, 5) is 15.4. The van der Waals surface area contributed by atoms with Crippen LogP contribution >= 0.6 is 0 Å². The molecule has 0 radical (unpaired) electrons. The van der Waals surface area contributed by atoms with Gasteiger partial charge in [-0.15, -0.1) is 0 Å². The zero-order valence-electron chi connectivity index (χ0n) is 18.9. The maximum absolute atomic E-state index is 13.1. The first-order chi connectivity index (χ1) is 13.3. The Morgan fingerprint density at radius 1 is 1.04 bits per heavy atom. The molecule has 5 heteroatoms. The molecule has 0 aliphatic heterocycles. The molecule has 160 valence electrons. The SMILES string of the molecule is CCN(CC)CCOc1ccc(NC(=O)C(CC(C)C)(CC(C)C)OC)cc1. The summed E-state index contributed by atoms with van der Waals surface area (Å²) in [6.45, 7) is 16.4. The molecule has 0 saturated heterocycles. The van der Waals surface area contributed by atoms with Crippen LogP contribution in [0.25, 0.3) is 0 Å². The minimum Gasteiger partial charge on any atom is -0.492 e. The van der Waals surface area contributed by atoms with E-state index in [2.05, 4.69) is 51.8 Å². The van der Waals surface area contributed by atoms with Crippen LogP contribution in [0, 0.1) is 11.8 Å². The van der Waals surface area contributed by atoms with E-state index in [0.29, 0.717) is 31.3 Å². The number of benzene rings is 1. The molecule has 0 atom stereocenters. The third-order valence-electron chi connectivity index (χ3n) is 4.96. The second-order valence-corrected chi connectivity index (χ2v) is 8.25. The molecule has 1 aromatic rings. The summed E-state index contributed by atoms with van der Waals surface area (Å²) in [6, 6.07) is 7.57. The van der Waals surface area contributed by atoms with Crippen molar-refractivity contribution in [1.82, 2.24) is 4.90 Å². The Hall–Kier alpha value is -1.59. The zero-order valence-corrected chi connectivity index (χ0v) is 18.9. The van der Waals surface area contributed by atoms with Crippen molar-refractivity contribution in [1.29, 1.82) is 0 Å². The Bertz CT molecular complexity index is 556. The van der Waals surface area contributed by atoms with Crippen molar-refractivity contribution < 1.29 is 14.3 Å². The lowest BCUT2D eigenvalue weighted by atomic mass is 9.84. The molecule has 0 aromatic heterocycles. The number of likely N-dealkylation sites (N-methyl/N-ethyl adjacent to an activating group) is 1. The van der Waals surface area contributed by atoms with Gasteiger partial charge in [0.15, 0.2) is 0 Å². The normalized spacial score (nSPS) is 12.1. The average molecular weight is 393 g/mol. The van der Waals surface area contributed by atoms with Gasteiger partial charge < -0.3 is 19.7 Å². The highest BCUT2D eigenvalue weighted by atomic mass is 16.5. The molecule has 0 spiro atoms. The minimum absolute atomic E-state index is 0.0763. The van der Waals surface area contributed by atoms with Crippen molar-refractivity contribution >= 4 is 11.6 Å². The number of hydrogen-bond donors (Lipinski definition) is 1. The number of nitrogens with zero attached hydrogens (tertiary/aromatic N) is 1. The van der Waals surface area contributed by atoms with Crippen molar-refractivity contribution in [3.63, 3.8) is 0 Å². The van der Waals surface area contributed by atoms with Gasteiger partial charge in [0.05, 0.1) is 0 Å². The largest absolute Gasteiger partial charge is 0.492 e. The highest BCUT2D eigenvalue weighted by molar-refractivity contribution is 5.97. The van der Waals surface area contributed by atoms with Crippen LogP contribution in [0.3, 0.4) is 0 Å². The first kappa shape index (κ1) is 24.4. The molecule has 1 rings (SSSR count). The number of methoxy groups -OCH3 is 1. The Labute approximate surface area is 171 Å². The second kappa shape index (κ2) is 12.1. The smallest absolute Gasteiger partial charge is 0.256 e. The number of rotatable bonds is 13. The maximum Gasteiger partial charge on any atom is 0.256 e. The van der Waals surface area contributed by atoms with Gasteiger partial charge in [-0.3, -0.25) is 4.79 Å². The van der Waals surface area contributed by atoms with Gasteiger partial charge >= 0.3 is 0 Å². The van der Waals surface area contributed by atoms with E-state index >= 15 is 0 Å². The van der Waals surface area contributed by atoms with Gasteiger partial charge in [0.2, 0.25) is 0 Å². The first-order valence-corrected chi connectivity index (χ1v) is 10.6. The number of ether oxygens (including phenoxy) is 2. The molecular formula is C23H40N2O3. The molecule has 1 N–H and O–H groups in total. The molecule has 0 aliphatic carbocycles. The Morgan fingerprint density at radius 3 is 2.00 bits per heavy atom. The lowest BCUT2D eigenvalue weighted by Crippen LogP contribution is -2.46. The molecule has 0 heterocycles. The van der Waals surface area contributed by atoms with E-state index < -0.39 is 5.60 Å². The molecule has 0 aliphatic rings. The van der Waals surface area contributed by atoms with E-state index in [1.54, 1.807) is 7.11 Å². The van der Waals surface area contributed by atoms with E-state index in [4.69, 9.17) is 9.47 Å². The fourth-order valence-corrected chi connectivity index (χ4v) is 3.56. The fraction of sp³-hybridized carbons (Fsp3) is 0.696. The molecule has 0 saturated carbocycles. The van der Waals surface area contributed by atoms with Crippen LogP contribution in [0.2, 0.25) is 0 Å². The van der Waals surface area contributed by atoms with Crippen LogP contribution < -0.4 is 10.1 Å². The summed E-state index contributed by atoms with van der Waals surface area (Å²) in [6.07, 6.45) is 1.39. The monoisotopic (exact) mass is 392 g/mol. The van der Waals surface area contributed by atoms with Gasteiger partial charge in [0.1, 0.15) is 18.0 Å². The highest BCUT2D eigenvalue weighted by Crippen LogP contribution is 2.30. The molecule has 1 aromatic carbocycles. The van der Waals surface area contributed by atoms with Crippen LogP contribution in [-0.2, 0) is 9.53 Å². The Morgan fingerprint density at radius 2 is 1.57 bits per heavy atom. The van der Waals surface area contributed by atoms with Crippen LogP contribution in [0.4, 0.5) is 5.69 Å². The number of carbonyl (C=O) groups excluding carboxylic acids is 1. The van der Waals surface area contributed by atoms with E-state index in [1.165, 1.54) is 0 Å². The summed E-state index contributed by atoms with van der Waals surface area (Å²) < 4.78 is 11.6. The molecule has 28 heavy (non-hydrogen) atoms. The molecule has 1 amide bonds. The van der Waals surface area contributed by atoms with E-state index in [1.807, 2.05) is 24.3 Å². The number of hydrogen-bond acceptors (Lipinski definition) is 4. The quantitative estimate of drug-likeness (QED) is 0.523. The van der Waals surface area contributed by atoms with Crippen molar-refractivity contribution in [2.45, 2.75) is 60.0 Å². The summed E-state index contributed by atoms with van der Waals surface area (Å²) in [5.74, 6) is 1.47. The summed E-state index contributed by atoms with van der Waals surface area (Å²) in [5, 5.41) is 3.04. The Kier molecular flexibility index (Phi) is 10.5. The van der Waals surface area contributed by atoms with Crippen LogP contribution in [0.15, 0.2) is 24.3 Å². The lowest BCUT2D eigenvalue weighted by molar-refractivity contribution is -0.142. The maximum atomic E-state index is 13.1. The first-order valence-electron chi connectivity index (χ1n) is 10.6. The van der Waals surface area contributed by atoms with Crippen LogP contribution in [0.1, 0.15) is 54.4 Å². The van der Waals surface area contributed by atoms with Gasteiger partial charge in [0.25, 0.3) is 5.91 Å². The standard InChI is InChI=1S/C23H40N2O3/c1-8-25(9-2)14-15-28-21-12-10-20(11-13-21)24-22(26)23(27-7,16-18(3)4)17-19(5)6/h10-13,18-19H,8-9,14-17H2,1-7H3,(H,24,26). The van der Waals surface area contributed by atoms with E-state index in [0.717, 1.165) is 31.1 Å². The average Bonchev–Trinajstić information content (AvgIpc) is 2.65. The number of nitrogens with one attached hydrogen (secondary N) is 1. The van der Waals surface area contributed by atoms with E-state index in [-0.39, 0.29) is 5.91 Å². The van der Waals surface area contributed by atoms with E-state index in [9.17, 15) is 4.79 Å². The van der Waals surface area contributed by atoms with Gasteiger partial charge in [-0.25, -0.2) is 0 Å². The minimum atomic E-state index is -0.804. The van der Waals surface area contributed by atoms with Crippen molar-refractivity contribution in [3.05, 3.63) is 24.3 Å². The third kappa shape index (κ3) is 7.80. The topological polar surface area (TPSA) is 50.8 Å². The van der Waals surface area contributed by atoms with Crippen LogP contribution in [0.5, 0.6) is 5.75 Å². The van der Waals surface area contributed by atoms with Gasteiger partial charge in [-0.2, -0.15) is 0 Å². The molecule has 0 fully saturated rings.